The maximum atomic E-state index is 11.8. The summed E-state index contributed by atoms with van der Waals surface area (Å²) < 4.78 is 0. The van der Waals surface area contributed by atoms with Gasteiger partial charge in [0, 0.05) is 27.3 Å². The Labute approximate surface area is 138 Å². The van der Waals surface area contributed by atoms with Crippen molar-refractivity contribution < 1.29 is 4.79 Å². The van der Waals surface area contributed by atoms with Crippen LogP contribution in [0.25, 0.3) is 0 Å². The fourth-order valence-electron chi connectivity index (χ4n) is 1.75. The lowest BCUT2D eigenvalue weighted by molar-refractivity contribution is -0.115. The second-order valence-corrected chi connectivity index (χ2v) is 5.75. The van der Waals surface area contributed by atoms with Gasteiger partial charge in [-0.15, -0.1) is 0 Å². The number of hydrogen-bond acceptors (Lipinski definition) is 2. The lowest BCUT2D eigenvalue weighted by Gasteiger charge is -2.08. The third-order valence-corrected chi connectivity index (χ3v) is 3.36. The molecule has 0 spiro atoms. The maximum absolute atomic E-state index is 11.8. The van der Waals surface area contributed by atoms with Crippen molar-refractivity contribution in [3.63, 3.8) is 0 Å². The van der Waals surface area contributed by atoms with E-state index in [9.17, 15) is 4.79 Å². The van der Waals surface area contributed by atoms with Crippen molar-refractivity contribution in [2.45, 2.75) is 6.54 Å². The summed E-state index contributed by atoms with van der Waals surface area (Å²) in [5.41, 5.74) is 1.63. The van der Waals surface area contributed by atoms with E-state index in [0.29, 0.717) is 27.3 Å². The Balaban J connectivity index is 1.80. The molecule has 0 fully saturated rings. The molecule has 110 valence electrons. The highest BCUT2D eigenvalue weighted by molar-refractivity contribution is 6.35. The van der Waals surface area contributed by atoms with Gasteiger partial charge >= 0.3 is 0 Å². The average Bonchev–Trinajstić information content (AvgIpc) is 2.39. The number of anilines is 1. The Morgan fingerprint density at radius 2 is 1.52 bits per heavy atom. The topological polar surface area (TPSA) is 41.1 Å². The van der Waals surface area contributed by atoms with E-state index in [1.165, 1.54) is 0 Å². The molecule has 0 bridgehead atoms. The van der Waals surface area contributed by atoms with Crippen molar-refractivity contribution in [3.05, 3.63) is 63.1 Å². The Bertz CT molecular complexity index is 609. The van der Waals surface area contributed by atoms with Gasteiger partial charge in [0.05, 0.1) is 6.54 Å². The first-order valence-corrected chi connectivity index (χ1v) is 7.37. The summed E-state index contributed by atoms with van der Waals surface area (Å²) in [4.78, 5) is 11.8. The zero-order chi connectivity index (χ0) is 15.2. The molecule has 0 atom stereocenters. The second kappa shape index (κ2) is 7.66. The van der Waals surface area contributed by atoms with Gasteiger partial charge in [0.25, 0.3) is 0 Å². The minimum Gasteiger partial charge on any atom is -0.325 e. The van der Waals surface area contributed by atoms with Crippen LogP contribution in [0.4, 0.5) is 5.69 Å². The summed E-state index contributed by atoms with van der Waals surface area (Å²) >= 11 is 17.5. The first kappa shape index (κ1) is 16.1. The molecule has 0 saturated carbocycles. The molecule has 0 saturated heterocycles. The summed E-state index contributed by atoms with van der Waals surface area (Å²) in [5.74, 6) is -0.165. The Morgan fingerprint density at radius 1 is 0.905 bits per heavy atom. The van der Waals surface area contributed by atoms with Gasteiger partial charge in [0.15, 0.2) is 0 Å². The number of nitrogens with one attached hydrogen (secondary N) is 2. The lowest BCUT2D eigenvalue weighted by Crippen LogP contribution is -2.27. The molecule has 0 aliphatic heterocycles. The minimum atomic E-state index is -0.165. The standard InChI is InChI=1S/C15H13Cl3N2O/c16-11-3-1-10(2-4-11)8-19-9-15(21)20-14-6-12(17)5-13(18)7-14/h1-7,19H,8-9H2,(H,20,21). The van der Waals surface area contributed by atoms with E-state index < -0.39 is 0 Å². The van der Waals surface area contributed by atoms with Crippen LogP contribution in [0.2, 0.25) is 15.1 Å². The van der Waals surface area contributed by atoms with Gasteiger partial charge in [-0.2, -0.15) is 0 Å². The molecule has 2 N–H and O–H groups in total. The fourth-order valence-corrected chi connectivity index (χ4v) is 2.41. The summed E-state index contributed by atoms with van der Waals surface area (Å²) in [5, 5.41) is 7.42. The first-order valence-electron chi connectivity index (χ1n) is 6.24. The highest BCUT2D eigenvalue weighted by atomic mass is 35.5. The number of rotatable bonds is 5. The van der Waals surface area contributed by atoms with Crippen molar-refractivity contribution in [1.82, 2.24) is 5.32 Å². The number of carbonyl (C=O) groups is 1. The molecule has 0 heterocycles. The normalized spacial score (nSPS) is 10.4. The van der Waals surface area contributed by atoms with Gasteiger partial charge in [0.2, 0.25) is 5.91 Å². The molecule has 3 nitrogen and oxygen atoms in total. The van der Waals surface area contributed by atoms with Crippen LogP contribution in [-0.4, -0.2) is 12.5 Å². The Morgan fingerprint density at radius 3 is 2.14 bits per heavy atom. The monoisotopic (exact) mass is 342 g/mol. The lowest BCUT2D eigenvalue weighted by atomic mass is 10.2. The smallest absolute Gasteiger partial charge is 0.238 e. The SMILES string of the molecule is O=C(CNCc1ccc(Cl)cc1)Nc1cc(Cl)cc(Cl)c1. The van der Waals surface area contributed by atoms with Gasteiger partial charge < -0.3 is 10.6 Å². The van der Waals surface area contributed by atoms with Gasteiger partial charge in [-0.05, 0) is 35.9 Å². The van der Waals surface area contributed by atoms with Gasteiger partial charge in [-0.3, -0.25) is 4.79 Å². The molecule has 0 unspecified atom stereocenters. The zero-order valence-electron chi connectivity index (χ0n) is 11.0. The largest absolute Gasteiger partial charge is 0.325 e. The second-order valence-electron chi connectivity index (χ2n) is 4.44. The van der Waals surface area contributed by atoms with Crippen LogP contribution >= 0.6 is 34.8 Å². The molecule has 2 rings (SSSR count). The number of amides is 1. The molecule has 0 aliphatic carbocycles. The summed E-state index contributed by atoms with van der Waals surface area (Å²) in [6.07, 6.45) is 0. The minimum absolute atomic E-state index is 0.165. The summed E-state index contributed by atoms with van der Waals surface area (Å²) in [6, 6.07) is 12.3. The number of carbonyl (C=O) groups excluding carboxylic acids is 1. The van der Waals surface area contributed by atoms with Crippen LogP contribution in [0, 0.1) is 0 Å². The van der Waals surface area contributed by atoms with Crippen LogP contribution < -0.4 is 10.6 Å². The van der Waals surface area contributed by atoms with E-state index in [1.54, 1.807) is 18.2 Å². The van der Waals surface area contributed by atoms with Gasteiger partial charge in [-0.25, -0.2) is 0 Å². The van der Waals surface area contributed by atoms with E-state index in [4.69, 9.17) is 34.8 Å². The Kier molecular flexibility index (Phi) is 5.88. The predicted molar refractivity (Wildman–Crippen MR) is 88.3 cm³/mol. The number of hydrogen-bond donors (Lipinski definition) is 2. The van der Waals surface area contributed by atoms with Crippen molar-refractivity contribution >= 4 is 46.4 Å². The molecule has 2 aromatic carbocycles. The maximum Gasteiger partial charge on any atom is 0.238 e. The van der Waals surface area contributed by atoms with Gasteiger partial charge in [0.1, 0.15) is 0 Å². The third-order valence-electron chi connectivity index (χ3n) is 2.67. The van der Waals surface area contributed by atoms with Crippen molar-refractivity contribution in [2.24, 2.45) is 0 Å². The predicted octanol–water partition coefficient (Wildman–Crippen LogP) is 4.38. The third kappa shape index (κ3) is 5.56. The van der Waals surface area contributed by atoms with Crippen LogP contribution in [0.1, 0.15) is 5.56 Å². The van der Waals surface area contributed by atoms with Crippen LogP contribution in [-0.2, 0) is 11.3 Å². The van der Waals surface area contributed by atoms with E-state index in [0.717, 1.165) is 5.56 Å². The molecule has 6 heteroatoms. The summed E-state index contributed by atoms with van der Waals surface area (Å²) in [6.45, 7) is 0.771. The average molecular weight is 344 g/mol. The molecule has 0 aromatic heterocycles. The van der Waals surface area contributed by atoms with E-state index >= 15 is 0 Å². The molecule has 2 aromatic rings. The fraction of sp³-hybridized carbons (Fsp3) is 0.133. The molecule has 1 amide bonds. The molecule has 0 aliphatic rings. The van der Waals surface area contributed by atoms with Crippen LogP contribution in [0.5, 0.6) is 0 Å². The van der Waals surface area contributed by atoms with Crippen LogP contribution in [0.3, 0.4) is 0 Å². The van der Waals surface area contributed by atoms with Crippen molar-refractivity contribution in [2.75, 3.05) is 11.9 Å². The van der Waals surface area contributed by atoms with Gasteiger partial charge in [-0.1, -0.05) is 46.9 Å². The highest BCUT2D eigenvalue weighted by Gasteiger charge is 2.04. The summed E-state index contributed by atoms with van der Waals surface area (Å²) in [7, 11) is 0. The first-order chi connectivity index (χ1) is 10.0. The van der Waals surface area contributed by atoms with Crippen molar-refractivity contribution in [3.8, 4) is 0 Å². The zero-order valence-corrected chi connectivity index (χ0v) is 13.3. The Hall–Kier alpha value is -1.26. The molecule has 0 radical (unpaired) electrons. The molecular formula is C15H13Cl3N2O. The number of halogens is 3. The van der Waals surface area contributed by atoms with E-state index in [1.807, 2.05) is 24.3 Å². The molecular weight excluding hydrogens is 331 g/mol. The van der Waals surface area contributed by atoms with E-state index in [2.05, 4.69) is 10.6 Å². The van der Waals surface area contributed by atoms with Crippen LogP contribution in [0.15, 0.2) is 42.5 Å². The molecule has 21 heavy (non-hydrogen) atoms. The number of benzene rings is 2. The highest BCUT2D eigenvalue weighted by Crippen LogP contribution is 2.22. The quantitative estimate of drug-likeness (QED) is 0.846. The van der Waals surface area contributed by atoms with E-state index in [-0.39, 0.29) is 12.5 Å². The van der Waals surface area contributed by atoms with Crippen molar-refractivity contribution in [1.29, 1.82) is 0 Å².